The molecule has 42 heavy (non-hydrogen) atoms. The molecule has 2 aromatic rings. The van der Waals surface area contributed by atoms with Crippen LogP contribution in [0.3, 0.4) is 0 Å². The van der Waals surface area contributed by atoms with Gasteiger partial charge in [-0.2, -0.15) is 0 Å². The fourth-order valence-electron chi connectivity index (χ4n) is 6.66. The second kappa shape index (κ2) is 14.1. The van der Waals surface area contributed by atoms with E-state index in [0.29, 0.717) is 54.3 Å². The first-order valence-electron chi connectivity index (χ1n) is 15.1. The molecule has 3 aliphatic heterocycles. The van der Waals surface area contributed by atoms with Crippen LogP contribution in [0.2, 0.25) is 0 Å². The second-order valence-electron chi connectivity index (χ2n) is 12.0. The molecule has 3 aliphatic rings. The van der Waals surface area contributed by atoms with Crippen molar-refractivity contribution in [1.82, 2.24) is 20.1 Å². The van der Waals surface area contributed by atoms with Gasteiger partial charge in [-0.25, -0.2) is 14.2 Å². The number of nitrogens with zero attached hydrogens (tertiary/aromatic N) is 3. The van der Waals surface area contributed by atoms with E-state index in [2.05, 4.69) is 20.5 Å². The van der Waals surface area contributed by atoms with Gasteiger partial charge in [0, 0.05) is 64.2 Å². The number of carbonyl (C=O) groups is 3. The number of ether oxygens (including phenoxy) is 1. The number of Topliss-reactive ketones (excluding diaryl/α,β-unsaturated/α-hetero) is 1. The molecule has 1 aromatic heterocycles. The van der Waals surface area contributed by atoms with E-state index in [1.54, 1.807) is 6.92 Å². The number of amides is 3. The van der Waals surface area contributed by atoms with Gasteiger partial charge in [0.05, 0.1) is 10.6 Å². The Morgan fingerprint density at radius 2 is 1.83 bits per heavy atom. The molecule has 11 heteroatoms. The number of ketones is 1. The Kier molecular flexibility index (Phi) is 10.2. The summed E-state index contributed by atoms with van der Waals surface area (Å²) in [6.07, 6.45) is 5.33. The molecule has 2 N–H and O–H groups in total. The minimum absolute atomic E-state index is 0.00546. The highest BCUT2D eigenvalue weighted by Gasteiger charge is 2.37. The molecule has 1 unspecified atom stereocenters. The Balaban J connectivity index is 1.24. The van der Waals surface area contributed by atoms with Crippen LogP contribution in [0.5, 0.6) is 0 Å². The number of piperidine rings is 2. The van der Waals surface area contributed by atoms with Gasteiger partial charge in [0.15, 0.2) is 10.9 Å². The maximum absolute atomic E-state index is 13.4. The summed E-state index contributed by atoms with van der Waals surface area (Å²) in [5.74, 6) is 0.474. The molecule has 0 saturated carbocycles. The van der Waals surface area contributed by atoms with Crippen LogP contribution in [-0.4, -0.2) is 84.5 Å². The number of urea groups is 1. The number of thiazole rings is 1. The summed E-state index contributed by atoms with van der Waals surface area (Å²) in [4.78, 5) is 47.7. The third kappa shape index (κ3) is 7.93. The number of likely N-dealkylation sites (tertiary alicyclic amines) is 2. The summed E-state index contributed by atoms with van der Waals surface area (Å²) in [6, 6.07) is 6.35. The highest BCUT2D eigenvalue weighted by Crippen LogP contribution is 2.28. The fraction of sp³-hybridized carbons (Fsp3) is 0.613. The number of benzene rings is 1. The van der Waals surface area contributed by atoms with Gasteiger partial charge in [0.25, 0.3) is 0 Å². The monoisotopic (exact) mass is 599 g/mol. The van der Waals surface area contributed by atoms with Crippen LogP contribution in [0.15, 0.2) is 24.3 Å². The standard InChI is InChI=1S/C31H42FN5O4S/c1-20-28(21(2)38)42-31(33-20)35-30(40)34-27-9-13-37(29(39)24-10-14-41-15-11-24)19-25(27)18-36-12-3-4-23(17-36)16-22-5-7-26(32)8-6-22/h5-8,23-25,27H,3-4,9-19H2,1-2H3,(H2,33,34,35,40)/t23?,25-,27-/m1/s1. The highest BCUT2D eigenvalue weighted by molar-refractivity contribution is 7.17. The van der Waals surface area contributed by atoms with E-state index in [1.807, 2.05) is 17.0 Å². The summed E-state index contributed by atoms with van der Waals surface area (Å²) in [7, 11) is 0. The lowest BCUT2D eigenvalue weighted by Gasteiger charge is -2.43. The van der Waals surface area contributed by atoms with E-state index in [9.17, 15) is 18.8 Å². The van der Waals surface area contributed by atoms with Gasteiger partial charge in [-0.15, -0.1) is 0 Å². The van der Waals surface area contributed by atoms with Crippen LogP contribution in [0.25, 0.3) is 0 Å². The van der Waals surface area contributed by atoms with Gasteiger partial charge in [-0.05, 0) is 75.6 Å². The van der Waals surface area contributed by atoms with Crippen molar-refractivity contribution in [3.8, 4) is 0 Å². The minimum Gasteiger partial charge on any atom is -0.381 e. The Bertz CT molecular complexity index is 1250. The lowest BCUT2D eigenvalue weighted by Crippen LogP contribution is -2.57. The van der Waals surface area contributed by atoms with Crippen molar-refractivity contribution < 1.29 is 23.5 Å². The van der Waals surface area contributed by atoms with Crippen molar-refractivity contribution in [3.63, 3.8) is 0 Å². The number of halogens is 1. The van der Waals surface area contributed by atoms with Crippen LogP contribution in [-0.2, 0) is 16.0 Å². The summed E-state index contributed by atoms with van der Waals surface area (Å²) in [5.41, 5.74) is 1.76. The largest absolute Gasteiger partial charge is 0.381 e. The molecule has 228 valence electrons. The molecule has 3 amide bonds. The lowest BCUT2D eigenvalue weighted by molar-refractivity contribution is -0.141. The highest BCUT2D eigenvalue weighted by atomic mass is 32.1. The van der Waals surface area contributed by atoms with Crippen molar-refractivity contribution in [2.24, 2.45) is 17.8 Å². The molecule has 3 saturated heterocycles. The zero-order chi connectivity index (χ0) is 29.6. The maximum Gasteiger partial charge on any atom is 0.321 e. The van der Waals surface area contributed by atoms with Gasteiger partial charge >= 0.3 is 6.03 Å². The van der Waals surface area contributed by atoms with Gasteiger partial charge in [-0.3, -0.25) is 14.9 Å². The molecule has 0 radical (unpaired) electrons. The van der Waals surface area contributed by atoms with Crippen LogP contribution >= 0.6 is 11.3 Å². The maximum atomic E-state index is 13.4. The zero-order valence-corrected chi connectivity index (χ0v) is 25.4. The average molecular weight is 600 g/mol. The van der Waals surface area contributed by atoms with Crippen molar-refractivity contribution in [2.45, 2.75) is 58.4 Å². The summed E-state index contributed by atoms with van der Waals surface area (Å²) < 4.78 is 18.9. The van der Waals surface area contributed by atoms with E-state index < -0.39 is 0 Å². The van der Waals surface area contributed by atoms with Gasteiger partial charge in [0.1, 0.15) is 5.82 Å². The number of aromatic nitrogens is 1. The van der Waals surface area contributed by atoms with Gasteiger partial charge < -0.3 is 19.9 Å². The van der Waals surface area contributed by atoms with Crippen molar-refractivity contribution in [2.75, 3.05) is 51.3 Å². The Labute approximate surface area is 251 Å². The van der Waals surface area contributed by atoms with Crippen molar-refractivity contribution >= 4 is 34.2 Å². The molecule has 3 fully saturated rings. The Morgan fingerprint density at radius 1 is 1.07 bits per heavy atom. The minimum atomic E-state index is -0.342. The molecule has 9 nitrogen and oxygen atoms in total. The number of hydrogen-bond donors (Lipinski definition) is 2. The molecule has 0 spiro atoms. The third-order valence-corrected chi connectivity index (χ3v) is 9.98. The van der Waals surface area contributed by atoms with E-state index in [4.69, 9.17) is 4.74 Å². The average Bonchev–Trinajstić information content (AvgIpc) is 3.35. The smallest absolute Gasteiger partial charge is 0.321 e. The predicted octanol–water partition coefficient (Wildman–Crippen LogP) is 4.51. The Hall–Kier alpha value is -2.89. The molecule has 5 rings (SSSR count). The van der Waals surface area contributed by atoms with Crippen LogP contribution < -0.4 is 10.6 Å². The zero-order valence-electron chi connectivity index (χ0n) is 24.6. The normalized spacial score (nSPS) is 23.9. The van der Waals surface area contributed by atoms with Crippen molar-refractivity contribution in [3.05, 3.63) is 46.2 Å². The van der Waals surface area contributed by atoms with Crippen LogP contribution in [0.4, 0.5) is 14.3 Å². The van der Waals surface area contributed by atoms with Crippen molar-refractivity contribution in [1.29, 1.82) is 0 Å². The Morgan fingerprint density at radius 3 is 2.55 bits per heavy atom. The summed E-state index contributed by atoms with van der Waals surface area (Å²) in [5, 5.41) is 6.40. The molecule has 0 aliphatic carbocycles. The van der Waals surface area contributed by atoms with Crippen LogP contribution in [0, 0.1) is 30.5 Å². The quantitative estimate of drug-likeness (QED) is 0.433. The fourth-order valence-corrected chi connectivity index (χ4v) is 7.51. The first-order valence-corrected chi connectivity index (χ1v) is 16.0. The SMILES string of the molecule is CC(=O)c1sc(NC(=O)N[C@@H]2CCN(C(=O)C3CCOCC3)C[C@H]2CN2CCCC(Cc3ccc(F)cc3)C2)nc1C. The summed E-state index contributed by atoms with van der Waals surface area (Å²) in [6.45, 7) is 8.43. The molecular formula is C31H42FN5O4S. The number of nitrogens with one attached hydrogen (secondary N) is 2. The van der Waals surface area contributed by atoms with Crippen LogP contribution in [0.1, 0.15) is 60.0 Å². The number of anilines is 1. The molecule has 3 atom stereocenters. The predicted molar refractivity (Wildman–Crippen MR) is 160 cm³/mol. The van der Waals surface area contributed by atoms with E-state index in [1.165, 1.54) is 30.4 Å². The second-order valence-corrected chi connectivity index (χ2v) is 13.0. The lowest BCUT2D eigenvalue weighted by atomic mass is 9.87. The third-order valence-electron chi connectivity index (χ3n) is 8.80. The first kappa shape index (κ1) is 30.6. The van der Waals surface area contributed by atoms with Gasteiger partial charge in [0.2, 0.25) is 5.91 Å². The number of carbonyl (C=O) groups excluding carboxylic acids is 3. The van der Waals surface area contributed by atoms with Gasteiger partial charge in [-0.1, -0.05) is 23.5 Å². The topological polar surface area (TPSA) is 104 Å². The number of hydrogen-bond acceptors (Lipinski definition) is 7. The van der Waals surface area contributed by atoms with E-state index in [-0.39, 0.29) is 41.4 Å². The molecule has 1 aromatic carbocycles. The molecule has 0 bridgehead atoms. The van der Waals surface area contributed by atoms with E-state index >= 15 is 0 Å². The number of aryl methyl sites for hydroxylation is 1. The first-order chi connectivity index (χ1) is 20.2. The molecular weight excluding hydrogens is 557 g/mol. The molecule has 4 heterocycles. The summed E-state index contributed by atoms with van der Waals surface area (Å²) >= 11 is 1.18. The van der Waals surface area contributed by atoms with E-state index in [0.717, 1.165) is 57.3 Å². The number of rotatable bonds is 8.